The lowest BCUT2D eigenvalue weighted by Gasteiger charge is -2.19. The van der Waals surface area contributed by atoms with E-state index in [0.29, 0.717) is 25.3 Å². The second-order valence-electron chi connectivity index (χ2n) is 5.81. The molecule has 0 spiro atoms. The van der Waals surface area contributed by atoms with Crippen molar-refractivity contribution in [1.82, 2.24) is 5.32 Å². The van der Waals surface area contributed by atoms with Gasteiger partial charge in [-0.25, -0.2) is 4.39 Å². The molecule has 0 saturated heterocycles. The van der Waals surface area contributed by atoms with Gasteiger partial charge in [-0.3, -0.25) is 4.79 Å². The van der Waals surface area contributed by atoms with E-state index >= 15 is 0 Å². The lowest BCUT2D eigenvalue weighted by atomic mass is 10.1. The third-order valence-electron chi connectivity index (χ3n) is 3.97. The number of benzene rings is 2. The number of aryl methyl sites for hydroxylation is 1. The highest BCUT2D eigenvalue weighted by atomic mass is 19.1. The topological polar surface area (TPSA) is 47.6 Å². The lowest BCUT2D eigenvalue weighted by molar-refractivity contribution is -0.128. The van der Waals surface area contributed by atoms with Crippen molar-refractivity contribution in [2.24, 2.45) is 0 Å². The van der Waals surface area contributed by atoms with Crippen molar-refractivity contribution in [3.63, 3.8) is 0 Å². The Labute approximate surface area is 148 Å². The Bertz CT molecular complexity index is 701. The van der Waals surface area contributed by atoms with Crippen LogP contribution in [0.25, 0.3) is 0 Å². The summed E-state index contributed by atoms with van der Waals surface area (Å²) in [6, 6.07) is 11.6. The molecule has 0 radical (unpaired) electrons. The molecule has 2 rings (SSSR count). The third-order valence-corrected chi connectivity index (χ3v) is 3.97. The molecule has 0 fully saturated rings. The maximum atomic E-state index is 12.8. The van der Waals surface area contributed by atoms with Crippen LogP contribution in [0.15, 0.2) is 42.5 Å². The van der Waals surface area contributed by atoms with Gasteiger partial charge in [-0.05, 0) is 61.7 Å². The molecule has 0 bridgehead atoms. The first-order chi connectivity index (χ1) is 12.0. The summed E-state index contributed by atoms with van der Waals surface area (Å²) < 4.78 is 24.1. The highest BCUT2D eigenvalue weighted by molar-refractivity contribution is 5.81. The fourth-order valence-corrected chi connectivity index (χ4v) is 2.32. The van der Waals surface area contributed by atoms with Crippen molar-refractivity contribution in [3.05, 3.63) is 59.4 Å². The Balaban J connectivity index is 1.81. The Hall–Kier alpha value is -2.56. The van der Waals surface area contributed by atoms with Gasteiger partial charge >= 0.3 is 0 Å². The molecule has 25 heavy (non-hydrogen) atoms. The fourth-order valence-electron chi connectivity index (χ4n) is 2.32. The zero-order valence-electron chi connectivity index (χ0n) is 14.8. The van der Waals surface area contributed by atoms with Crippen LogP contribution < -0.4 is 14.8 Å². The molecule has 134 valence electrons. The Morgan fingerprint density at radius 3 is 2.56 bits per heavy atom. The number of rotatable bonds is 8. The van der Waals surface area contributed by atoms with Crippen LogP contribution >= 0.6 is 0 Å². The summed E-state index contributed by atoms with van der Waals surface area (Å²) in [5.74, 6) is 0.806. The van der Waals surface area contributed by atoms with E-state index in [0.717, 1.165) is 16.9 Å². The minimum absolute atomic E-state index is 0.175. The first kappa shape index (κ1) is 18.8. The molecule has 0 saturated carbocycles. The standard InChI is InChI=1S/C20H24FNO3/c1-4-18(25-19-7-5-6-14(2)15(19)3)20(23)22-12-13-24-17-10-8-16(21)9-11-17/h5-11,18H,4,12-13H2,1-3H3,(H,22,23). The summed E-state index contributed by atoms with van der Waals surface area (Å²) in [7, 11) is 0. The highest BCUT2D eigenvalue weighted by Crippen LogP contribution is 2.22. The predicted octanol–water partition coefficient (Wildman–Crippen LogP) is 3.80. The summed E-state index contributed by atoms with van der Waals surface area (Å²) in [5.41, 5.74) is 2.16. The van der Waals surface area contributed by atoms with E-state index in [1.54, 1.807) is 12.1 Å². The van der Waals surface area contributed by atoms with E-state index in [2.05, 4.69) is 5.32 Å². The summed E-state index contributed by atoms with van der Waals surface area (Å²) in [4.78, 5) is 12.3. The molecular formula is C20H24FNO3. The van der Waals surface area contributed by atoms with E-state index in [9.17, 15) is 9.18 Å². The van der Waals surface area contributed by atoms with Gasteiger partial charge in [0.15, 0.2) is 6.10 Å². The van der Waals surface area contributed by atoms with E-state index in [1.807, 2.05) is 39.0 Å². The molecule has 2 aromatic rings. The van der Waals surface area contributed by atoms with E-state index < -0.39 is 6.10 Å². The van der Waals surface area contributed by atoms with Gasteiger partial charge in [0.2, 0.25) is 0 Å². The average molecular weight is 345 g/mol. The van der Waals surface area contributed by atoms with Crippen LogP contribution in [0, 0.1) is 19.7 Å². The van der Waals surface area contributed by atoms with Gasteiger partial charge in [0.05, 0.1) is 6.54 Å². The van der Waals surface area contributed by atoms with Gasteiger partial charge < -0.3 is 14.8 Å². The van der Waals surface area contributed by atoms with Crippen molar-refractivity contribution in [3.8, 4) is 11.5 Å². The normalized spacial score (nSPS) is 11.7. The number of hydrogen-bond acceptors (Lipinski definition) is 3. The zero-order chi connectivity index (χ0) is 18.2. The number of hydrogen-bond donors (Lipinski definition) is 1. The SMILES string of the molecule is CCC(Oc1cccc(C)c1C)C(=O)NCCOc1ccc(F)cc1. The van der Waals surface area contributed by atoms with Crippen LogP contribution in [0.5, 0.6) is 11.5 Å². The van der Waals surface area contributed by atoms with Crippen LogP contribution in [0.1, 0.15) is 24.5 Å². The minimum atomic E-state index is -0.550. The van der Waals surface area contributed by atoms with E-state index in [1.165, 1.54) is 12.1 Å². The van der Waals surface area contributed by atoms with Gasteiger partial charge in [-0.2, -0.15) is 0 Å². The molecule has 1 amide bonds. The quantitative estimate of drug-likeness (QED) is 0.741. The summed E-state index contributed by atoms with van der Waals surface area (Å²) in [6.45, 7) is 6.55. The molecule has 1 atom stereocenters. The van der Waals surface area contributed by atoms with Crippen LogP contribution in [0.2, 0.25) is 0 Å². The Morgan fingerprint density at radius 2 is 1.88 bits per heavy atom. The summed E-state index contributed by atoms with van der Waals surface area (Å²) in [5, 5.41) is 2.81. The van der Waals surface area contributed by atoms with E-state index in [-0.39, 0.29) is 11.7 Å². The first-order valence-electron chi connectivity index (χ1n) is 8.40. The number of carbonyl (C=O) groups is 1. The molecule has 0 aliphatic rings. The van der Waals surface area contributed by atoms with Crippen molar-refractivity contribution >= 4 is 5.91 Å². The molecule has 0 heterocycles. The summed E-state index contributed by atoms with van der Waals surface area (Å²) in [6.07, 6.45) is 0.0178. The van der Waals surface area contributed by atoms with Gasteiger partial charge in [0.1, 0.15) is 23.9 Å². The molecule has 0 aromatic heterocycles. The lowest BCUT2D eigenvalue weighted by Crippen LogP contribution is -2.39. The first-order valence-corrected chi connectivity index (χ1v) is 8.40. The van der Waals surface area contributed by atoms with Gasteiger partial charge in [0.25, 0.3) is 5.91 Å². The van der Waals surface area contributed by atoms with Crippen LogP contribution in [-0.2, 0) is 4.79 Å². The number of carbonyl (C=O) groups excluding carboxylic acids is 1. The molecule has 0 aliphatic heterocycles. The largest absolute Gasteiger partial charge is 0.492 e. The van der Waals surface area contributed by atoms with Gasteiger partial charge in [-0.1, -0.05) is 19.1 Å². The number of nitrogens with one attached hydrogen (secondary N) is 1. The van der Waals surface area contributed by atoms with Crippen molar-refractivity contribution in [2.75, 3.05) is 13.2 Å². The summed E-state index contributed by atoms with van der Waals surface area (Å²) >= 11 is 0. The van der Waals surface area contributed by atoms with Crippen molar-refractivity contribution < 1.29 is 18.7 Å². The van der Waals surface area contributed by atoms with Crippen LogP contribution in [0.3, 0.4) is 0 Å². The van der Waals surface area contributed by atoms with Gasteiger partial charge in [0, 0.05) is 0 Å². The number of halogens is 1. The highest BCUT2D eigenvalue weighted by Gasteiger charge is 2.19. The molecule has 1 unspecified atom stereocenters. The molecule has 1 N–H and O–H groups in total. The average Bonchev–Trinajstić information content (AvgIpc) is 2.61. The van der Waals surface area contributed by atoms with Gasteiger partial charge in [-0.15, -0.1) is 0 Å². The van der Waals surface area contributed by atoms with Crippen molar-refractivity contribution in [1.29, 1.82) is 0 Å². The third kappa shape index (κ3) is 5.48. The van der Waals surface area contributed by atoms with Crippen LogP contribution in [0.4, 0.5) is 4.39 Å². The number of ether oxygens (including phenoxy) is 2. The number of amides is 1. The molecular weight excluding hydrogens is 321 g/mol. The van der Waals surface area contributed by atoms with Crippen molar-refractivity contribution in [2.45, 2.75) is 33.3 Å². The fraction of sp³-hybridized carbons (Fsp3) is 0.350. The minimum Gasteiger partial charge on any atom is -0.492 e. The maximum Gasteiger partial charge on any atom is 0.261 e. The predicted molar refractivity (Wildman–Crippen MR) is 95.5 cm³/mol. The smallest absolute Gasteiger partial charge is 0.261 e. The zero-order valence-corrected chi connectivity index (χ0v) is 14.8. The second kappa shape index (κ2) is 9.06. The Morgan fingerprint density at radius 1 is 1.16 bits per heavy atom. The molecule has 2 aromatic carbocycles. The van der Waals surface area contributed by atoms with Crippen LogP contribution in [-0.4, -0.2) is 25.2 Å². The maximum absolute atomic E-state index is 12.8. The van der Waals surface area contributed by atoms with E-state index in [4.69, 9.17) is 9.47 Å². The second-order valence-corrected chi connectivity index (χ2v) is 5.81. The Kier molecular flexibility index (Phi) is 6.81. The molecule has 4 nitrogen and oxygen atoms in total. The molecule has 0 aliphatic carbocycles. The molecule has 5 heteroatoms. The monoisotopic (exact) mass is 345 g/mol.